The Balaban J connectivity index is 2.08. The van der Waals surface area contributed by atoms with Crippen LogP contribution in [0.3, 0.4) is 0 Å². The van der Waals surface area contributed by atoms with E-state index in [1.807, 2.05) is 31.2 Å². The van der Waals surface area contributed by atoms with Gasteiger partial charge in [-0.25, -0.2) is 0 Å². The van der Waals surface area contributed by atoms with Crippen molar-refractivity contribution in [1.29, 1.82) is 0 Å². The predicted octanol–water partition coefficient (Wildman–Crippen LogP) is 2.43. The Hall–Kier alpha value is -1.55. The summed E-state index contributed by atoms with van der Waals surface area (Å²) in [6, 6.07) is 7.42. The van der Waals surface area contributed by atoms with E-state index in [1.54, 1.807) is 0 Å². The summed E-state index contributed by atoms with van der Waals surface area (Å²) >= 11 is 0. The van der Waals surface area contributed by atoms with Gasteiger partial charge in [0.15, 0.2) is 0 Å². The summed E-state index contributed by atoms with van der Waals surface area (Å²) in [4.78, 5) is 12.5. The lowest BCUT2D eigenvalue weighted by molar-refractivity contribution is -0.125. The highest BCUT2D eigenvalue weighted by Crippen LogP contribution is 2.32. The number of rotatable bonds is 4. The Labute approximate surface area is 126 Å². The quantitative estimate of drug-likeness (QED) is 0.745. The first-order chi connectivity index (χ1) is 9.96. The zero-order valence-electron chi connectivity index (χ0n) is 12.9. The predicted molar refractivity (Wildman–Crippen MR) is 84.9 cm³/mol. The molecule has 21 heavy (non-hydrogen) atoms. The third-order valence-corrected chi connectivity index (χ3v) is 4.59. The number of aliphatic hydroxyl groups excluding tert-OH is 1. The van der Waals surface area contributed by atoms with Crippen LogP contribution >= 0.6 is 0 Å². The molecule has 1 aromatic carbocycles. The van der Waals surface area contributed by atoms with Gasteiger partial charge < -0.3 is 16.2 Å². The molecule has 0 saturated heterocycles. The van der Waals surface area contributed by atoms with Crippen molar-refractivity contribution in [2.24, 2.45) is 5.92 Å². The first-order valence-electron chi connectivity index (χ1n) is 7.74. The van der Waals surface area contributed by atoms with E-state index in [0.29, 0.717) is 11.6 Å². The average Bonchev–Trinajstić information content (AvgIpc) is 2.46. The number of carbonyl (C=O) groups is 1. The number of nitrogen functional groups attached to an aromatic ring is 1. The highest BCUT2D eigenvalue weighted by Gasteiger charge is 2.36. The Bertz CT molecular complexity index is 503. The minimum absolute atomic E-state index is 0.00668. The number of aliphatic hydroxyl groups is 1. The van der Waals surface area contributed by atoms with Gasteiger partial charge in [0.1, 0.15) is 0 Å². The van der Waals surface area contributed by atoms with Crippen LogP contribution in [0.15, 0.2) is 24.3 Å². The van der Waals surface area contributed by atoms with E-state index in [-0.39, 0.29) is 18.4 Å². The topological polar surface area (TPSA) is 75.3 Å². The van der Waals surface area contributed by atoms with E-state index in [4.69, 9.17) is 5.73 Å². The number of nitrogens with one attached hydrogen (secondary N) is 1. The molecule has 4 heteroatoms. The summed E-state index contributed by atoms with van der Waals surface area (Å²) in [6.45, 7) is 4.06. The molecule has 0 bridgehead atoms. The molecular weight excluding hydrogens is 264 g/mol. The van der Waals surface area contributed by atoms with Crippen LogP contribution in [0.1, 0.15) is 51.0 Å². The van der Waals surface area contributed by atoms with E-state index < -0.39 is 5.54 Å². The van der Waals surface area contributed by atoms with Crippen LogP contribution in [-0.2, 0) is 4.79 Å². The summed E-state index contributed by atoms with van der Waals surface area (Å²) in [7, 11) is 0. The van der Waals surface area contributed by atoms with Crippen LogP contribution in [0, 0.1) is 5.92 Å². The van der Waals surface area contributed by atoms with Gasteiger partial charge in [-0.15, -0.1) is 0 Å². The van der Waals surface area contributed by atoms with Crippen molar-refractivity contribution < 1.29 is 9.90 Å². The molecule has 4 N–H and O–H groups in total. The van der Waals surface area contributed by atoms with Gasteiger partial charge in [-0.05, 0) is 43.4 Å². The minimum Gasteiger partial charge on any atom is -0.399 e. The highest BCUT2D eigenvalue weighted by atomic mass is 16.3. The molecule has 1 fully saturated rings. The molecule has 2 rings (SSSR count). The van der Waals surface area contributed by atoms with Gasteiger partial charge in [-0.2, -0.15) is 0 Å². The SMILES string of the molecule is CC1CCCC(CO)(NC(=O)C(C)c2cccc(N)c2)C1. The molecule has 0 heterocycles. The lowest BCUT2D eigenvalue weighted by Gasteiger charge is -2.40. The Morgan fingerprint density at radius 3 is 2.95 bits per heavy atom. The first-order valence-corrected chi connectivity index (χ1v) is 7.74. The molecule has 0 spiro atoms. The maximum absolute atomic E-state index is 12.5. The first kappa shape index (κ1) is 15.8. The van der Waals surface area contributed by atoms with Crippen LogP contribution in [0.25, 0.3) is 0 Å². The second-order valence-electron chi connectivity index (χ2n) is 6.52. The molecule has 4 nitrogen and oxygen atoms in total. The van der Waals surface area contributed by atoms with E-state index >= 15 is 0 Å². The number of hydrogen-bond donors (Lipinski definition) is 3. The fraction of sp³-hybridized carbons (Fsp3) is 0.588. The average molecular weight is 290 g/mol. The van der Waals surface area contributed by atoms with Gasteiger partial charge in [-0.3, -0.25) is 4.79 Å². The van der Waals surface area contributed by atoms with Crippen molar-refractivity contribution in [3.63, 3.8) is 0 Å². The van der Waals surface area contributed by atoms with Crippen molar-refractivity contribution in [1.82, 2.24) is 5.32 Å². The standard InChI is InChI=1S/C17H26N2O2/c1-12-5-4-8-17(10-12,11-20)19-16(21)13(2)14-6-3-7-15(18)9-14/h3,6-7,9,12-13,20H,4-5,8,10-11,18H2,1-2H3,(H,19,21). The molecule has 0 aromatic heterocycles. The zero-order valence-corrected chi connectivity index (χ0v) is 12.9. The molecule has 3 unspecified atom stereocenters. The van der Waals surface area contributed by atoms with E-state index in [0.717, 1.165) is 24.8 Å². The van der Waals surface area contributed by atoms with Crippen LogP contribution in [0.2, 0.25) is 0 Å². The number of hydrogen-bond acceptors (Lipinski definition) is 3. The minimum atomic E-state index is -0.455. The number of nitrogens with two attached hydrogens (primary N) is 1. The smallest absolute Gasteiger partial charge is 0.227 e. The van der Waals surface area contributed by atoms with Crippen molar-refractivity contribution >= 4 is 11.6 Å². The second kappa shape index (κ2) is 6.48. The van der Waals surface area contributed by atoms with Crippen molar-refractivity contribution in [2.75, 3.05) is 12.3 Å². The summed E-state index contributed by atoms with van der Waals surface area (Å²) in [5, 5.41) is 12.9. The monoisotopic (exact) mass is 290 g/mol. The summed E-state index contributed by atoms with van der Waals surface area (Å²) in [6.07, 6.45) is 3.92. The van der Waals surface area contributed by atoms with Gasteiger partial charge >= 0.3 is 0 Å². The largest absolute Gasteiger partial charge is 0.399 e. The molecule has 1 aromatic rings. The molecule has 116 valence electrons. The van der Waals surface area contributed by atoms with Crippen LogP contribution in [0.4, 0.5) is 5.69 Å². The summed E-state index contributed by atoms with van der Waals surface area (Å²) < 4.78 is 0. The molecule has 1 aliphatic rings. The van der Waals surface area contributed by atoms with Crippen molar-refractivity contribution in [3.05, 3.63) is 29.8 Å². The Kier molecular flexibility index (Phi) is 4.88. The lowest BCUT2D eigenvalue weighted by Crippen LogP contribution is -2.54. The molecule has 1 saturated carbocycles. The van der Waals surface area contributed by atoms with Gasteiger partial charge in [0.25, 0.3) is 0 Å². The molecule has 0 aliphatic heterocycles. The number of anilines is 1. The lowest BCUT2D eigenvalue weighted by atomic mass is 9.76. The maximum Gasteiger partial charge on any atom is 0.227 e. The number of carbonyl (C=O) groups excluding carboxylic acids is 1. The van der Waals surface area contributed by atoms with Crippen molar-refractivity contribution in [3.8, 4) is 0 Å². The Morgan fingerprint density at radius 1 is 1.57 bits per heavy atom. The van der Waals surface area contributed by atoms with E-state index in [9.17, 15) is 9.90 Å². The summed E-state index contributed by atoms with van der Waals surface area (Å²) in [5.74, 6) is 0.229. The van der Waals surface area contributed by atoms with Crippen LogP contribution in [0.5, 0.6) is 0 Å². The van der Waals surface area contributed by atoms with Gasteiger partial charge in [0.2, 0.25) is 5.91 Å². The molecule has 1 aliphatic carbocycles. The highest BCUT2D eigenvalue weighted by molar-refractivity contribution is 5.84. The fourth-order valence-electron chi connectivity index (χ4n) is 3.31. The fourth-order valence-corrected chi connectivity index (χ4v) is 3.31. The Morgan fingerprint density at radius 2 is 2.33 bits per heavy atom. The number of amides is 1. The van der Waals surface area contributed by atoms with Gasteiger partial charge in [0.05, 0.1) is 18.1 Å². The van der Waals surface area contributed by atoms with E-state index in [1.165, 1.54) is 6.42 Å². The molecule has 1 amide bonds. The molecule has 0 radical (unpaired) electrons. The van der Waals surface area contributed by atoms with Gasteiger partial charge in [-0.1, -0.05) is 31.9 Å². The normalized spacial score (nSPS) is 27.1. The zero-order chi connectivity index (χ0) is 15.5. The van der Waals surface area contributed by atoms with Crippen molar-refractivity contribution in [2.45, 2.75) is 51.0 Å². The second-order valence-corrected chi connectivity index (χ2v) is 6.52. The molecular formula is C17H26N2O2. The number of benzene rings is 1. The van der Waals surface area contributed by atoms with E-state index in [2.05, 4.69) is 12.2 Å². The third-order valence-electron chi connectivity index (χ3n) is 4.59. The molecule has 3 atom stereocenters. The van der Waals surface area contributed by atoms with Gasteiger partial charge in [0, 0.05) is 5.69 Å². The maximum atomic E-state index is 12.5. The summed E-state index contributed by atoms with van der Waals surface area (Å²) in [5.41, 5.74) is 6.89. The third kappa shape index (κ3) is 3.76. The van der Waals surface area contributed by atoms with Crippen LogP contribution < -0.4 is 11.1 Å². The van der Waals surface area contributed by atoms with Crippen LogP contribution in [-0.4, -0.2) is 23.2 Å².